The number of carbonyl (C=O) groups excluding carboxylic acids is 1. The van der Waals surface area contributed by atoms with Crippen molar-refractivity contribution in [3.63, 3.8) is 0 Å². The average Bonchev–Trinajstić information content (AvgIpc) is 3.13. The highest BCUT2D eigenvalue weighted by Gasteiger charge is 2.37. The number of furan rings is 1. The van der Waals surface area contributed by atoms with E-state index in [4.69, 9.17) is 9.15 Å². The summed E-state index contributed by atoms with van der Waals surface area (Å²) in [6, 6.07) is 6.39. The highest BCUT2D eigenvalue weighted by molar-refractivity contribution is 5.92. The van der Waals surface area contributed by atoms with Crippen LogP contribution in [0.4, 0.5) is 0 Å². The zero-order chi connectivity index (χ0) is 21.4. The van der Waals surface area contributed by atoms with Gasteiger partial charge in [-0.25, -0.2) is 4.79 Å². The predicted molar refractivity (Wildman–Crippen MR) is 119 cm³/mol. The van der Waals surface area contributed by atoms with Crippen molar-refractivity contribution in [3.8, 4) is 0 Å². The smallest absolute Gasteiger partial charge is 0.341 e. The molecule has 2 aromatic rings. The standard InChI is InChI=1S/C26H32O3/c1-17(9-8-10-23-19(11-14-29-23)24(27)28-7)20-16-22-21(15-18(20)2)25(3,4)12-13-26(22,5)6/h8-11,14-16H,12-13H2,1-7H3/b10-8+,17-9+. The van der Waals surface area contributed by atoms with Gasteiger partial charge in [0.25, 0.3) is 0 Å². The lowest BCUT2D eigenvalue weighted by Gasteiger charge is -2.42. The second-order valence-electron chi connectivity index (χ2n) is 9.38. The number of ether oxygens (including phenoxy) is 1. The number of rotatable bonds is 4. The van der Waals surface area contributed by atoms with E-state index < -0.39 is 5.97 Å². The van der Waals surface area contributed by atoms with Crippen LogP contribution in [0.25, 0.3) is 11.6 Å². The normalized spacial score (nSPS) is 18.0. The molecule has 1 heterocycles. The monoisotopic (exact) mass is 392 g/mol. The van der Waals surface area contributed by atoms with E-state index in [9.17, 15) is 4.79 Å². The first-order chi connectivity index (χ1) is 13.6. The van der Waals surface area contributed by atoms with Gasteiger partial charge in [-0.2, -0.15) is 0 Å². The summed E-state index contributed by atoms with van der Waals surface area (Å²) in [5.41, 5.74) is 7.54. The van der Waals surface area contributed by atoms with E-state index in [-0.39, 0.29) is 10.8 Å². The number of hydrogen-bond acceptors (Lipinski definition) is 3. The maximum absolute atomic E-state index is 11.8. The van der Waals surface area contributed by atoms with Gasteiger partial charge in [-0.3, -0.25) is 0 Å². The molecule has 0 radical (unpaired) electrons. The molecule has 1 aliphatic rings. The molecule has 1 aromatic heterocycles. The van der Waals surface area contributed by atoms with Gasteiger partial charge in [0.2, 0.25) is 0 Å². The first-order valence-electron chi connectivity index (χ1n) is 10.2. The van der Waals surface area contributed by atoms with Crippen LogP contribution in [0.15, 0.2) is 41.0 Å². The second-order valence-corrected chi connectivity index (χ2v) is 9.38. The molecule has 3 nitrogen and oxygen atoms in total. The molecule has 0 bridgehead atoms. The highest BCUT2D eigenvalue weighted by atomic mass is 16.5. The van der Waals surface area contributed by atoms with Crippen LogP contribution in [0, 0.1) is 6.92 Å². The van der Waals surface area contributed by atoms with E-state index in [1.807, 2.05) is 6.08 Å². The Morgan fingerprint density at radius 2 is 1.69 bits per heavy atom. The molecular formula is C26H32O3. The van der Waals surface area contributed by atoms with Crippen molar-refractivity contribution in [1.82, 2.24) is 0 Å². The number of methoxy groups -OCH3 is 1. The van der Waals surface area contributed by atoms with Crippen LogP contribution in [-0.4, -0.2) is 13.1 Å². The number of aryl methyl sites for hydroxylation is 1. The lowest BCUT2D eigenvalue weighted by Crippen LogP contribution is -2.34. The van der Waals surface area contributed by atoms with Crippen LogP contribution in [0.2, 0.25) is 0 Å². The summed E-state index contributed by atoms with van der Waals surface area (Å²) in [7, 11) is 1.37. The Hall–Kier alpha value is -2.55. The molecule has 1 aromatic carbocycles. The van der Waals surface area contributed by atoms with Crippen LogP contribution in [0.3, 0.4) is 0 Å². The van der Waals surface area contributed by atoms with E-state index in [0.29, 0.717) is 11.3 Å². The molecule has 0 spiro atoms. The molecule has 0 saturated carbocycles. The van der Waals surface area contributed by atoms with Crippen molar-refractivity contribution in [2.75, 3.05) is 7.11 Å². The fourth-order valence-electron chi connectivity index (χ4n) is 4.25. The minimum Gasteiger partial charge on any atom is -0.465 e. The van der Waals surface area contributed by atoms with E-state index >= 15 is 0 Å². The Labute approximate surface area is 174 Å². The van der Waals surface area contributed by atoms with Gasteiger partial charge < -0.3 is 9.15 Å². The first-order valence-corrected chi connectivity index (χ1v) is 10.2. The van der Waals surface area contributed by atoms with Crippen LogP contribution >= 0.6 is 0 Å². The third-order valence-electron chi connectivity index (χ3n) is 6.32. The molecular weight excluding hydrogens is 360 g/mol. The molecule has 0 fully saturated rings. The van der Waals surface area contributed by atoms with Crippen LogP contribution < -0.4 is 0 Å². The number of allylic oxidation sites excluding steroid dienone is 3. The van der Waals surface area contributed by atoms with Gasteiger partial charge in [-0.05, 0) is 77.5 Å². The Balaban J connectivity index is 1.95. The van der Waals surface area contributed by atoms with E-state index in [1.54, 1.807) is 12.1 Å². The van der Waals surface area contributed by atoms with Gasteiger partial charge in [-0.1, -0.05) is 52.0 Å². The summed E-state index contributed by atoms with van der Waals surface area (Å²) in [4.78, 5) is 11.8. The van der Waals surface area contributed by atoms with Crippen molar-refractivity contribution >= 4 is 17.6 Å². The molecule has 0 aliphatic heterocycles. The molecule has 1 aliphatic carbocycles. The van der Waals surface area contributed by atoms with Crippen molar-refractivity contribution in [2.45, 2.75) is 65.2 Å². The average molecular weight is 393 g/mol. The predicted octanol–water partition coefficient (Wildman–Crippen LogP) is 6.84. The number of carbonyl (C=O) groups is 1. The first kappa shape index (κ1) is 21.2. The molecule has 3 rings (SSSR count). The van der Waals surface area contributed by atoms with Crippen LogP contribution in [0.5, 0.6) is 0 Å². The Bertz CT molecular complexity index is 983. The lowest BCUT2D eigenvalue weighted by atomic mass is 9.62. The largest absolute Gasteiger partial charge is 0.465 e. The molecule has 154 valence electrons. The number of fused-ring (bicyclic) bond motifs is 1. The lowest BCUT2D eigenvalue weighted by molar-refractivity contribution is 0.0599. The summed E-state index contributed by atoms with van der Waals surface area (Å²) in [6.07, 6.45) is 9.71. The Morgan fingerprint density at radius 1 is 1.07 bits per heavy atom. The van der Waals surface area contributed by atoms with Crippen molar-refractivity contribution in [2.24, 2.45) is 0 Å². The maximum Gasteiger partial charge on any atom is 0.341 e. The summed E-state index contributed by atoms with van der Waals surface area (Å²) in [6.45, 7) is 13.7. The number of esters is 1. The maximum atomic E-state index is 11.8. The van der Waals surface area contributed by atoms with Gasteiger partial charge in [0, 0.05) is 0 Å². The third kappa shape index (κ3) is 4.10. The fourth-order valence-corrected chi connectivity index (χ4v) is 4.25. The van der Waals surface area contributed by atoms with Crippen molar-refractivity contribution in [1.29, 1.82) is 0 Å². The van der Waals surface area contributed by atoms with Crippen molar-refractivity contribution in [3.05, 3.63) is 70.2 Å². The minimum atomic E-state index is -0.394. The quantitative estimate of drug-likeness (QED) is 0.422. The summed E-state index contributed by atoms with van der Waals surface area (Å²) in [5.74, 6) is 0.112. The van der Waals surface area contributed by atoms with E-state index in [0.717, 1.165) is 0 Å². The zero-order valence-corrected chi connectivity index (χ0v) is 18.7. The SMILES string of the molecule is COC(=O)c1ccoc1/C=C/C=C(\C)c1cc2c(cc1C)C(C)(C)CCC2(C)C. The molecule has 0 amide bonds. The van der Waals surface area contributed by atoms with E-state index in [2.05, 4.69) is 59.8 Å². The van der Waals surface area contributed by atoms with Crippen LogP contribution in [0.1, 0.15) is 85.8 Å². The summed E-state index contributed by atoms with van der Waals surface area (Å²) >= 11 is 0. The zero-order valence-electron chi connectivity index (χ0n) is 18.7. The van der Waals surface area contributed by atoms with Gasteiger partial charge >= 0.3 is 5.97 Å². The fraction of sp³-hybridized carbons (Fsp3) is 0.423. The molecule has 0 N–H and O–H groups in total. The van der Waals surface area contributed by atoms with Gasteiger partial charge in [0.1, 0.15) is 11.3 Å². The Morgan fingerprint density at radius 3 is 2.31 bits per heavy atom. The topological polar surface area (TPSA) is 39.4 Å². The molecule has 0 unspecified atom stereocenters. The number of hydrogen-bond donors (Lipinski definition) is 0. The van der Waals surface area contributed by atoms with Crippen molar-refractivity contribution < 1.29 is 13.9 Å². The number of benzene rings is 1. The van der Waals surface area contributed by atoms with Crippen LogP contribution in [-0.2, 0) is 15.6 Å². The molecule has 0 atom stereocenters. The van der Waals surface area contributed by atoms with Gasteiger partial charge in [0.05, 0.1) is 13.4 Å². The van der Waals surface area contributed by atoms with Gasteiger partial charge in [-0.15, -0.1) is 0 Å². The molecule has 0 saturated heterocycles. The van der Waals surface area contributed by atoms with Gasteiger partial charge in [0.15, 0.2) is 0 Å². The molecule has 29 heavy (non-hydrogen) atoms. The van der Waals surface area contributed by atoms with E-state index in [1.165, 1.54) is 54.0 Å². The summed E-state index contributed by atoms with van der Waals surface area (Å²) < 4.78 is 10.2. The second kappa shape index (κ2) is 7.70. The Kier molecular flexibility index (Phi) is 5.62. The summed E-state index contributed by atoms with van der Waals surface area (Å²) in [5, 5.41) is 0. The minimum absolute atomic E-state index is 0.188. The third-order valence-corrected chi connectivity index (χ3v) is 6.32. The molecule has 3 heteroatoms. The highest BCUT2D eigenvalue weighted by Crippen LogP contribution is 2.47.